The fraction of sp³-hybridized carbons (Fsp3) is 0.818. The Kier molecular flexibility index (Phi) is 3.56. The number of carbonyl (C=O) groups is 2. The molecule has 3 atom stereocenters. The molecule has 1 saturated heterocycles. The summed E-state index contributed by atoms with van der Waals surface area (Å²) in [5.74, 6) is -0.457. The van der Waals surface area contributed by atoms with Gasteiger partial charge in [0.2, 0.25) is 11.8 Å². The number of hydrogen-bond acceptors (Lipinski definition) is 4. The van der Waals surface area contributed by atoms with Crippen LogP contribution in [0.2, 0.25) is 0 Å². The van der Waals surface area contributed by atoms with Crippen molar-refractivity contribution in [1.29, 1.82) is 0 Å². The zero-order valence-corrected chi connectivity index (χ0v) is 9.24. The van der Waals surface area contributed by atoms with Crippen LogP contribution in [0.5, 0.6) is 0 Å². The van der Waals surface area contributed by atoms with Gasteiger partial charge >= 0.3 is 0 Å². The molecule has 2 rings (SSSR count). The van der Waals surface area contributed by atoms with Crippen molar-refractivity contribution in [2.24, 2.45) is 0 Å². The molecule has 90 valence electrons. The topological polar surface area (TPSA) is 78.4 Å². The molecular weight excluding hydrogens is 208 g/mol. The number of aliphatic hydroxyl groups excluding tert-OH is 1. The van der Waals surface area contributed by atoms with Crippen molar-refractivity contribution in [3.63, 3.8) is 0 Å². The first-order chi connectivity index (χ1) is 7.66. The van der Waals surface area contributed by atoms with E-state index in [-0.39, 0.29) is 30.0 Å². The van der Waals surface area contributed by atoms with Crippen LogP contribution in [0.25, 0.3) is 0 Å². The smallest absolute Gasteiger partial charge is 0.243 e. The molecule has 1 aliphatic heterocycles. The average molecular weight is 226 g/mol. The van der Waals surface area contributed by atoms with Crippen LogP contribution < -0.4 is 10.6 Å². The van der Waals surface area contributed by atoms with Gasteiger partial charge in [-0.1, -0.05) is 12.8 Å². The number of rotatable bonds is 2. The van der Waals surface area contributed by atoms with Crippen LogP contribution in [0.3, 0.4) is 0 Å². The van der Waals surface area contributed by atoms with E-state index in [1.165, 1.54) is 0 Å². The first-order valence-electron chi connectivity index (χ1n) is 5.94. The maximum absolute atomic E-state index is 11.5. The van der Waals surface area contributed by atoms with Gasteiger partial charge in [0.25, 0.3) is 0 Å². The molecule has 5 nitrogen and oxygen atoms in total. The monoisotopic (exact) mass is 226 g/mol. The van der Waals surface area contributed by atoms with E-state index >= 15 is 0 Å². The molecule has 3 unspecified atom stereocenters. The van der Waals surface area contributed by atoms with Gasteiger partial charge in [-0.25, -0.2) is 0 Å². The zero-order valence-electron chi connectivity index (χ0n) is 9.24. The summed E-state index contributed by atoms with van der Waals surface area (Å²) < 4.78 is 0. The number of carbonyl (C=O) groups excluding carboxylic acids is 2. The van der Waals surface area contributed by atoms with E-state index in [9.17, 15) is 14.7 Å². The standard InChI is InChI=1S/C11H18N2O3/c14-9-4-2-1-3-7(9)12-8-5-6-10(15)13-11(8)16/h7-9,12,14H,1-6H2,(H,13,15,16). The van der Waals surface area contributed by atoms with Crippen LogP contribution in [0.4, 0.5) is 0 Å². The molecule has 0 radical (unpaired) electrons. The van der Waals surface area contributed by atoms with Crippen molar-refractivity contribution in [2.75, 3.05) is 0 Å². The Labute approximate surface area is 94.6 Å². The maximum Gasteiger partial charge on any atom is 0.243 e. The van der Waals surface area contributed by atoms with Crippen LogP contribution in [0.15, 0.2) is 0 Å². The number of piperidine rings is 1. The number of hydrogen-bond donors (Lipinski definition) is 3. The Morgan fingerprint density at radius 2 is 1.94 bits per heavy atom. The summed E-state index contributed by atoms with van der Waals surface area (Å²) in [7, 11) is 0. The highest BCUT2D eigenvalue weighted by molar-refractivity contribution is 6.00. The first kappa shape index (κ1) is 11.5. The molecule has 3 N–H and O–H groups in total. The number of aliphatic hydroxyl groups is 1. The SMILES string of the molecule is O=C1CCC(NC2CCCCC2O)C(=O)N1. The highest BCUT2D eigenvalue weighted by atomic mass is 16.3. The fourth-order valence-electron chi connectivity index (χ4n) is 2.42. The average Bonchev–Trinajstić information content (AvgIpc) is 2.25. The van der Waals surface area contributed by atoms with Crippen LogP contribution in [-0.2, 0) is 9.59 Å². The molecule has 1 saturated carbocycles. The van der Waals surface area contributed by atoms with Crippen molar-refractivity contribution in [2.45, 2.75) is 56.7 Å². The Hall–Kier alpha value is -0.940. The van der Waals surface area contributed by atoms with Gasteiger partial charge in [-0.15, -0.1) is 0 Å². The maximum atomic E-state index is 11.5. The fourth-order valence-corrected chi connectivity index (χ4v) is 2.42. The molecule has 0 bridgehead atoms. The summed E-state index contributed by atoms with van der Waals surface area (Å²) in [5, 5.41) is 15.3. The summed E-state index contributed by atoms with van der Waals surface area (Å²) in [6, 6.07) is -0.326. The van der Waals surface area contributed by atoms with E-state index in [2.05, 4.69) is 10.6 Å². The Bertz CT molecular complexity index is 293. The van der Waals surface area contributed by atoms with Crippen molar-refractivity contribution in [3.8, 4) is 0 Å². The summed E-state index contributed by atoms with van der Waals surface area (Å²) in [5.41, 5.74) is 0. The van der Waals surface area contributed by atoms with Crippen molar-refractivity contribution in [1.82, 2.24) is 10.6 Å². The lowest BCUT2D eigenvalue weighted by Crippen LogP contribution is -2.56. The van der Waals surface area contributed by atoms with E-state index < -0.39 is 0 Å². The quantitative estimate of drug-likeness (QED) is 0.564. The summed E-state index contributed by atoms with van der Waals surface area (Å²) in [6.45, 7) is 0. The van der Waals surface area contributed by atoms with Gasteiger partial charge in [-0.2, -0.15) is 0 Å². The third kappa shape index (κ3) is 2.59. The summed E-state index contributed by atoms with van der Waals surface area (Å²) >= 11 is 0. The van der Waals surface area contributed by atoms with E-state index in [0.717, 1.165) is 25.7 Å². The molecule has 5 heteroatoms. The van der Waals surface area contributed by atoms with Crippen LogP contribution >= 0.6 is 0 Å². The molecule has 1 heterocycles. The highest BCUT2D eigenvalue weighted by Crippen LogP contribution is 2.19. The Balaban J connectivity index is 1.88. The summed E-state index contributed by atoms with van der Waals surface area (Å²) in [4.78, 5) is 22.5. The number of amides is 2. The largest absolute Gasteiger partial charge is 0.392 e. The minimum absolute atomic E-state index is 0.00213. The molecule has 0 aromatic heterocycles. The molecular formula is C11H18N2O3. The summed E-state index contributed by atoms with van der Waals surface area (Å²) in [6.07, 6.45) is 4.39. The minimum atomic E-state index is -0.362. The molecule has 1 aliphatic carbocycles. The van der Waals surface area contributed by atoms with E-state index in [4.69, 9.17) is 0 Å². The lowest BCUT2D eigenvalue weighted by Gasteiger charge is -2.32. The van der Waals surface area contributed by atoms with Gasteiger partial charge in [-0.3, -0.25) is 14.9 Å². The lowest BCUT2D eigenvalue weighted by molar-refractivity contribution is -0.135. The zero-order chi connectivity index (χ0) is 11.5. The van der Waals surface area contributed by atoms with Crippen molar-refractivity contribution >= 4 is 11.8 Å². The van der Waals surface area contributed by atoms with E-state index in [1.807, 2.05) is 0 Å². The second-order valence-electron chi connectivity index (χ2n) is 4.63. The second-order valence-corrected chi connectivity index (χ2v) is 4.63. The van der Waals surface area contributed by atoms with Gasteiger partial charge in [0.05, 0.1) is 12.1 Å². The molecule has 2 fully saturated rings. The van der Waals surface area contributed by atoms with Crippen molar-refractivity contribution < 1.29 is 14.7 Å². The normalized spacial score (nSPS) is 35.9. The van der Waals surface area contributed by atoms with Gasteiger partial charge < -0.3 is 10.4 Å². The van der Waals surface area contributed by atoms with Gasteiger partial charge in [0, 0.05) is 12.5 Å². The van der Waals surface area contributed by atoms with Gasteiger partial charge in [0.15, 0.2) is 0 Å². The van der Waals surface area contributed by atoms with E-state index in [1.54, 1.807) is 0 Å². The number of nitrogens with one attached hydrogen (secondary N) is 2. The minimum Gasteiger partial charge on any atom is -0.392 e. The molecule has 0 aromatic rings. The van der Waals surface area contributed by atoms with Gasteiger partial charge in [0.1, 0.15) is 0 Å². The predicted molar refractivity (Wildman–Crippen MR) is 57.6 cm³/mol. The third-order valence-electron chi connectivity index (χ3n) is 3.38. The highest BCUT2D eigenvalue weighted by Gasteiger charge is 2.31. The van der Waals surface area contributed by atoms with Crippen LogP contribution in [0, 0.1) is 0 Å². The predicted octanol–water partition coefficient (Wildman–Crippen LogP) is -0.315. The van der Waals surface area contributed by atoms with Gasteiger partial charge in [-0.05, 0) is 19.3 Å². The molecule has 2 amide bonds. The molecule has 2 aliphatic rings. The van der Waals surface area contributed by atoms with Crippen LogP contribution in [0.1, 0.15) is 38.5 Å². The first-order valence-corrected chi connectivity index (χ1v) is 5.94. The molecule has 0 aromatic carbocycles. The third-order valence-corrected chi connectivity index (χ3v) is 3.38. The number of imide groups is 1. The van der Waals surface area contributed by atoms with Crippen LogP contribution in [-0.4, -0.2) is 35.1 Å². The molecule has 16 heavy (non-hydrogen) atoms. The van der Waals surface area contributed by atoms with Crippen molar-refractivity contribution in [3.05, 3.63) is 0 Å². The molecule has 0 spiro atoms. The lowest BCUT2D eigenvalue weighted by atomic mass is 9.91. The second kappa shape index (κ2) is 4.93. The Morgan fingerprint density at radius 1 is 1.19 bits per heavy atom. The van der Waals surface area contributed by atoms with E-state index in [0.29, 0.717) is 12.8 Å². The Morgan fingerprint density at radius 3 is 2.62 bits per heavy atom.